The number of rotatable bonds is 4. The van der Waals surface area contributed by atoms with Crippen LogP contribution in [0.3, 0.4) is 0 Å². The van der Waals surface area contributed by atoms with Crippen LogP contribution >= 0.6 is 0 Å². The fourth-order valence-electron chi connectivity index (χ4n) is 7.90. The molecule has 0 radical (unpaired) electrons. The van der Waals surface area contributed by atoms with Crippen molar-refractivity contribution < 1.29 is 4.42 Å². The minimum atomic E-state index is 0.567. The number of hydrogen-bond donors (Lipinski definition) is 0. The summed E-state index contributed by atoms with van der Waals surface area (Å²) in [5, 5.41) is 11.7. The molecular formula is C49H29N3O. The van der Waals surface area contributed by atoms with Gasteiger partial charge in [-0.05, 0) is 72.4 Å². The maximum atomic E-state index is 6.48. The average Bonchev–Trinajstić information content (AvgIpc) is 3.62. The zero-order valence-corrected chi connectivity index (χ0v) is 28.5. The van der Waals surface area contributed by atoms with Crippen LogP contribution in [-0.4, -0.2) is 15.0 Å². The SMILES string of the molecule is c1ccc2cc(-c3ccc(-c4nc(-c5cccc6c5ccc5c7ccccc7ccc65)nc(-c5cccc6c5oc5ccccc56)n4)cc3)ccc2c1. The molecule has 4 nitrogen and oxygen atoms in total. The zero-order chi connectivity index (χ0) is 34.9. The Morgan fingerprint density at radius 2 is 0.849 bits per heavy atom. The lowest BCUT2D eigenvalue weighted by Gasteiger charge is -2.13. The molecule has 11 rings (SSSR count). The molecule has 0 atom stereocenters. The number of para-hydroxylation sites is 2. The van der Waals surface area contributed by atoms with Gasteiger partial charge in [-0.3, -0.25) is 0 Å². The molecule has 0 aliphatic rings. The molecule has 0 bridgehead atoms. The summed E-state index contributed by atoms with van der Waals surface area (Å²) in [5.41, 5.74) is 6.59. The first-order chi connectivity index (χ1) is 26.2. The summed E-state index contributed by atoms with van der Waals surface area (Å²) in [4.78, 5) is 15.5. The summed E-state index contributed by atoms with van der Waals surface area (Å²) in [5.74, 6) is 1.78. The van der Waals surface area contributed by atoms with Gasteiger partial charge in [0.2, 0.25) is 0 Å². The minimum absolute atomic E-state index is 0.567. The largest absolute Gasteiger partial charge is 0.455 e. The lowest BCUT2D eigenvalue weighted by Crippen LogP contribution is -2.01. The van der Waals surface area contributed by atoms with Gasteiger partial charge in [0.15, 0.2) is 17.5 Å². The van der Waals surface area contributed by atoms with Gasteiger partial charge in [0, 0.05) is 21.9 Å². The predicted octanol–water partition coefficient (Wildman–Crippen LogP) is 13.1. The van der Waals surface area contributed by atoms with E-state index in [1.165, 1.54) is 37.9 Å². The molecule has 0 spiro atoms. The summed E-state index contributed by atoms with van der Waals surface area (Å²) < 4.78 is 6.48. The van der Waals surface area contributed by atoms with Crippen LogP contribution in [0.25, 0.3) is 110 Å². The summed E-state index contributed by atoms with van der Waals surface area (Å²) in [6.45, 7) is 0. The van der Waals surface area contributed by atoms with E-state index in [-0.39, 0.29) is 0 Å². The third-order valence-corrected chi connectivity index (χ3v) is 10.5. The van der Waals surface area contributed by atoms with Crippen molar-refractivity contribution in [3.05, 3.63) is 176 Å². The Bertz CT molecular complexity index is 3230. The summed E-state index contributed by atoms with van der Waals surface area (Å²) >= 11 is 0. The van der Waals surface area contributed by atoms with Crippen molar-refractivity contribution in [3.63, 3.8) is 0 Å². The number of nitrogens with zero attached hydrogens (tertiary/aromatic N) is 3. The Kier molecular flexibility index (Phi) is 6.52. The standard InChI is InChI=1S/C49H29N3O/c1-2-11-34-29-35(24-21-30(34)9-1)31-19-22-33(23-20-31)47-50-48(52-49(51-47)44-17-8-15-42-41-13-5-6-18-45(41)53-46(42)44)43-16-7-14-37-39-26-25-32-10-3-4-12-36(32)38(39)27-28-40(37)43/h1-29H. The van der Waals surface area contributed by atoms with Gasteiger partial charge >= 0.3 is 0 Å². The number of furan rings is 1. The Morgan fingerprint density at radius 3 is 1.72 bits per heavy atom. The van der Waals surface area contributed by atoms with Crippen LogP contribution < -0.4 is 0 Å². The topological polar surface area (TPSA) is 51.8 Å². The van der Waals surface area contributed by atoms with Crippen LogP contribution in [0, 0.1) is 0 Å². The van der Waals surface area contributed by atoms with Crippen molar-refractivity contribution in [2.24, 2.45) is 0 Å². The molecule has 0 unspecified atom stereocenters. The molecule has 0 aliphatic carbocycles. The van der Waals surface area contributed by atoms with E-state index in [0.29, 0.717) is 17.5 Å². The molecule has 2 aromatic heterocycles. The highest BCUT2D eigenvalue weighted by Gasteiger charge is 2.19. The Balaban J connectivity index is 1.11. The fraction of sp³-hybridized carbons (Fsp3) is 0. The van der Waals surface area contributed by atoms with Crippen molar-refractivity contribution in [3.8, 4) is 45.3 Å². The molecule has 0 saturated heterocycles. The molecule has 4 heteroatoms. The van der Waals surface area contributed by atoms with E-state index in [9.17, 15) is 0 Å². The van der Waals surface area contributed by atoms with Gasteiger partial charge in [0.1, 0.15) is 11.2 Å². The van der Waals surface area contributed by atoms with Crippen LogP contribution in [0.4, 0.5) is 0 Å². The maximum absolute atomic E-state index is 6.48. The van der Waals surface area contributed by atoms with Crippen molar-refractivity contribution in [2.75, 3.05) is 0 Å². The Hall–Kier alpha value is -7.17. The second kappa shape index (κ2) is 11.7. The van der Waals surface area contributed by atoms with Gasteiger partial charge in [-0.2, -0.15) is 0 Å². The monoisotopic (exact) mass is 675 g/mol. The minimum Gasteiger partial charge on any atom is -0.455 e. The highest BCUT2D eigenvalue weighted by molar-refractivity contribution is 6.19. The summed E-state index contributed by atoms with van der Waals surface area (Å²) in [6, 6.07) is 61.7. The quantitative estimate of drug-likeness (QED) is 0.174. The molecule has 0 saturated carbocycles. The first kappa shape index (κ1) is 29.5. The van der Waals surface area contributed by atoms with Gasteiger partial charge < -0.3 is 4.42 Å². The lowest BCUT2D eigenvalue weighted by molar-refractivity contribution is 0.669. The van der Waals surface area contributed by atoms with Gasteiger partial charge in [0.25, 0.3) is 0 Å². The molecule has 2 heterocycles. The molecule has 53 heavy (non-hydrogen) atoms. The van der Waals surface area contributed by atoms with E-state index in [1.807, 2.05) is 24.3 Å². The molecule has 0 N–H and O–H groups in total. The molecule has 0 aliphatic heterocycles. The number of fused-ring (bicyclic) bond motifs is 9. The van der Waals surface area contributed by atoms with Crippen LogP contribution in [0.2, 0.25) is 0 Å². The number of hydrogen-bond acceptors (Lipinski definition) is 4. The van der Waals surface area contributed by atoms with Crippen molar-refractivity contribution in [1.82, 2.24) is 15.0 Å². The highest BCUT2D eigenvalue weighted by atomic mass is 16.3. The highest BCUT2D eigenvalue weighted by Crippen LogP contribution is 2.38. The van der Waals surface area contributed by atoms with E-state index >= 15 is 0 Å². The second-order valence-electron chi connectivity index (χ2n) is 13.6. The maximum Gasteiger partial charge on any atom is 0.167 e. The van der Waals surface area contributed by atoms with Gasteiger partial charge in [-0.15, -0.1) is 0 Å². The summed E-state index contributed by atoms with van der Waals surface area (Å²) in [6.07, 6.45) is 0. The smallest absolute Gasteiger partial charge is 0.167 e. The van der Waals surface area contributed by atoms with Gasteiger partial charge in [0.05, 0.1) is 5.56 Å². The number of aromatic nitrogens is 3. The third-order valence-electron chi connectivity index (χ3n) is 10.5. The average molecular weight is 676 g/mol. The summed E-state index contributed by atoms with van der Waals surface area (Å²) in [7, 11) is 0. The van der Waals surface area contributed by atoms with E-state index in [4.69, 9.17) is 19.4 Å². The Morgan fingerprint density at radius 1 is 0.302 bits per heavy atom. The first-order valence-corrected chi connectivity index (χ1v) is 17.9. The van der Waals surface area contributed by atoms with Crippen molar-refractivity contribution in [1.29, 1.82) is 0 Å². The van der Waals surface area contributed by atoms with Crippen LogP contribution in [0.15, 0.2) is 180 Å². The van der Waals surface area contributed by atoms with Gasteiger partial charge in [-0.1, -0.05) is 158 Å². The lowest BCUT2D eigenvalue weighted by atomic mass is 9.95. The molecule has 0 fully saturated rings. The molecule has 11 aromatic rings. The fourth-order valence-corrected chi connectivity index (χ4v) is 7.90. The van der Waals surface area contributed by atoms with E-state index in [1.54, 1.807) is 0 Å². The van der Waals surface area contributed by atoms with E-state index in [2.05, 4.69) is 152 Å². The van der Waals surface area contributed by atoms with Crippen LogP contribution in [-0.2, 0) is 0 Å². The van der Waals surface area contributed by atoms with Crippen molar-refractivity contribution in [2.45, 2.75) is 0 Å². The Labute approximate surface area is 304 Å². The molecular weight excluding hydrogens is 647 g/mol. The zero-order valence-electron chi connectivity index (χ0n) is 28.5. The first-order valence-electron chi connectivity index (χ1n) is 17.9. The van der Waals surface area contributed by atoms with E-state index in [0.717, 1.165) is 55.0 Å². The van der Waals surface area contributed by atoms with Crippen LogP contribution in [0.5, 0.6) is 0 Å². The molecule has 246 valence electrons. The second-order valence-corrected chi connectivity index (χ2v) is 13.6. The van der Waals surface area contributed by atoms with Crippen LogP contribution in [0.1, 0.15) is 0 Å². The third kappa shape index (κ3) is 4.80. The normalized spacial score (nSPS) is 11.8. The predicted molar refractivity (Wildman–Crippen MR) is 219 cm³/mol. The molecule has 9 aromatic carbocycles. The molecule has 0 amide bonds. The van der Waals surface area contributed by atoms with Gasteiger partial charge in [-0.25, -0.2) is 15.0 Å². The number of benzene rings is 9. The van der Waals surface area contributed by atoms with E-state index < -0.39 is 0 Å². The van der Waals surface area contributed by atoms with Crippen molar-refractivity contribution >= 4 is 65.0 Å².